The third-order valence-corrected chi connectivity index (χ3v) is 6.17. The highest BCUT2D eigenvalue weighted by Gasteiger charge is 2.35. The molecule has 0 aliphatic carbocycles. The van der Waals surface area contributed by atoms with E-state index in [4.69, 9.17) is 23.4 Å². The van der Waals surface area contributed by atoms with Crippen molar-refractivity contribution >= 4 is 16.9 Å². The van der Waals surface area contributed by atoms with Crippen LogP contribution >= 0.6 is 0 Å². The molecule has 0 radical (unpaired) electrons. The van der Waals surface area contributed by atoms with Crippen molar-refractivity contribution in [1.29, 1.82) is 0 Å². The molecule has 4 aromatic rings. The third-order valence-electron chi connectivity index (χ3n) is 6.17. The molecular weight excluding hydrogens is 452 g/mol. The van der Waals surface area contributed by atoms with Crippen molar-refractivity contribution < 1.29 is 33.3 Å². The zero-order valence-electron chi connectivity index (χ0n) is 19.3. The van der Waals surface area contributed by atoms with Gasteiger partial charge in [-0.15, -0.1) is 0 Å². The number of rotatable bonds is 5. The van der Waals surface area contributed by atoms with Gasteiger partial charge in [0.15, 0.2) is 11.5 Å². The number of hydrogen-bond acceptors (Lipinski definition) is 8. The monoisotopic (exact) mass is 474 g/mol. The molecule has 1 aliphatic heterocycles. The molecule has 178 valence electrons. The van der Waals surface area contributed by atoms with Crippen LogP contribution in [-0.4, -0.2) is 32.4 Å². The molecule has 1 aromatic heterocycles. The molecule has 3 aromatic carbocycles. The summed E-state index contributed by atoms with van der Waals surface area (Å²) in [5.74, 6) is 0.767. The molecule has 0 unspecified atom stereocenters. The molecule has 0 spiro atoms. The first-order chi connectivity index (χ1) is 17.0. The van der Waals surface area contributed by atoms with Crippen LogP contribution in [0.2, 0.25) is 0 Å². The average Bonchev–Trinajstić information content (AvgIpc) is 2.87. The highest BCUT2D eigenvalue weighted by molar-refractivity contribution is 5.90. The fourth-order valence-electron chi connectivity index (χ4n) is 4.56. The van der Waals surface area contributed by atoms with Gasteiger partial charge >= 0.3 is 5.97 Å². The van der Waals surface area contributed by atoms with E-state index in [1.807, 2.05) is 0 Å². The lowest BCUT2D eigenvalue weighted by Gasteiger charge is -2.27. The Morgan fingerprint density at radius 2 is 1.63 bits per heavy atom. The van der Waals surface area contributed by atoms with Gasteiger partial charge in [-0.25, -0.2) is 0 Å². The van der Waals surface area contributed by atoms with Gasteiger partial charge in [0.2, 0.25) is 11.2 Å². The van der Waals surface area contributed by atoms with Gasteiger partial charge in [-0.1, -0.05) is 18.2 Å². The number of esters is 1. The third kappa shape index (κ3) is 3.63. The smallest absolute Gasteiger partial charge is 0.312 e. The van der Waals surface area contributed by atoms with Crippen LogP contribution in [0.1, 0.15) is 23.5 Å². The molecule has 1 aliphatic rings. The lowest BCUT2D eigenvalue weighted by atomic mass is 9.84. The number of fused-ring (bicyclic) bond motifs is 3. The normalized spacial score (nSPS) is 14.8. The van der Waals surface area contributed by atoms with Crippen LogP contribution in [0.5, 0.6) is 28.7 Å². The molecule has 8 nitrogen and oxygen atoms in total. The molecule has 5 rings (SSSR count). The van der Waals surface area contributed by atoms with E-state index in [-0.39, 0.29) is 17.6 Å². The van der Waals surface area contributed by atoms with Crippen LogP contribution in [0.15, 0.2) is 64.0 Å². The summed E-state index contributed by atoms with van der Waals surface area (Å²) >= 11 is 0. The molecule has 0 bridgehead atoms. The minimum absolute atomic E-state index is 0.0153. The predicted molar refractivity (Wildman–Crippen MR) is 128 cm³/mol. The molecule has 0 fully saturated rings. The molecule has 1 N–H and O–H groups in total. The number of carbonyl (C=O) groups excluding carboxylic acids is 1. The first-order valence-electron chi connectivity index (χ1n) is 10.8. The minimum atomic E-state index is -0.521. The fourth-order valence-corrected chi connectivity index (χ4v) is 4.56. The number of phenols is 1. The summed E-state index contributed by atoms with van der Waals surface area (Å²) in [5.41, 5.74) is 2.29. The SMILES string of the molecule is COc1ccc([C@@H]2CC(=O)Oc3ccc4c(=O)c(-c5ccc(O)cc5)coc4c32)c(OC)c1OC. The van der Waals surface area contributed by atoms with E-state index in [9.17, 15) is 14.7 Å². The van der Waals surface area contributed by atoms with Gasteiger partial charge < -0.3 is 28.5 Å². The Balaban J connectivity index is 1.75. The molecule has 8 heteroatoms. The Labute approximate surface area is 200 Å². The van der Waals surface area contributed by atoms with Gasteiger partial charge in [0.25, 0.3) is 0 Å². The maximum atomic E-state index is 13.4. The average molecular weight is 474 g/mol. The van der Waals surface area contributed by atoms with Crippen molar-refractivity contribution in [3.8, 4) is 39.9 Å². The number of aromatic hydroxyl groups is 1. The Hall–Kier alpha value is -4.46. The highest BCUT2D eigenvalue weighted by atomic mass is 16.5. The summed E-state index contributed by atoms with van der Waals surface area (Å²) in [7, 11) is 4.54. The first-order valence-corrected chi connectivity index (χ1v) is 10.8. The second kappa shape index (κ2) is 8.72. The van der Waals surface area contributed by atoms with Crippen LogP contribution < -0.4 is 24.4 Å². The maximum Gasteiger partial charge on any atom is 0.312 e. The van der Waals surface area contributed by atoms with Gasteiger partial charge in [-0.3, -0.25) is 9.59 Å². The molecule has 35 heavy (non-hydrogen) atoms. The molecular formula is C27H22O8. The Kier molecular flexibility index (Phi) is 5.56. The Bertz CT molecular complexity index is 1500. The number of carbonyl (C=O) groups is 1. The van der Waals surface area contributed by atoms with Gasteiger partial charge in [0.1, 0.15) is 23.3 Å². The largest absolute Gasteiger partial charge is 0.508 e. The van der Waals surface area contributed by atoms with Gasteiger partial charge in [0, 0.05) is 17.0 Å². The van der Waals surface area contributed by atoms with Crippen molar-refractivity contribution in [2.75, 3.05) is 21.3 Å². The van der Waals surface area contributed by atoms with E-state index in [1.165, 1.54) is 39.7 Å². The van der Waals surface area contributed by atoms with Crippen molar-refractivity contribution in [3.63, 3.8) is 0 Å². The topological polar surface area (TPSA) is 104 Å². The molecule has 0 saturated heterocycles. The zero-order chi connectivity index (χ0) is 24.7. The number of hydrogen-bond donors (Lipinski definition) is 1. The van der Waals surface area contributed by atoms with Gasteiger partial charge in [-0.2, -0.15) is 0 Å². The van der Waals surface area contributed by atoms with Crippen LogP contribution in [0, 0.1) is 0 Å². The summed E-state index contributed by atoms with van der Waals surface area (Å²) in [6.45, 7) is 0. The summed E-state index contributed by atoms with van der Waals surface area (Å²) < 4.78 is 28.1. The van der Waals surface area contributed by atoms with Crippen LogP contribution in [0.4, 0.5) is 0 Å². The number of methoxy groups -OCH3 is 3. The van der Waals surface area contributed by atoms with Crippen LogP contribution in [-0.2, 0) is 4.79 Å². The second-order valence-electron chi connectivity index (χ2n) is 8.03. The van der Waals surface area contributed by atoms with E-state index in [0.29, 0.717) is 56.2 Å². The molecule has 0 saturated carbocycles. The van der Waals surface area contributed by atoms with E-state index in [0.717, 1.165) is 0 Å². The van der Waals surface area contributed by atoms with Crippen LogP contribution in [0.3, 0.4) is 0 Å². The second-order valence-corrected chi connectivity index (χ2v) is 8.03. The van der Waals surface area contributed by atoms with Gasteiger partial charge in [0.05, 0.1) is 38.7 Å². The van der Waals surface area contributed by atoms with Crippen molar-refractivity contribution in [2.24, 2.45) is 0 Å². The van der Waals surface area contributed by atoms with E-state index >= 15 is 0 Å². The lowest BCUT2D eigenvalue weighted by molar-refractivity contribution is -0.135. The van der Waals surface area contributed by atoms with Crippen molar-refractivity contribution in [3.05, 3.63) is 76.1 Å². The van der Waals surface area contributed by atoms with E-state index in [1.54, 1.807) is 36.4 Å². The number of phenolic OH excluding ortho intramolecular Hbond substituents is 1. The predicted octanol–water partition coefficient (Wildman–Crippen LogP) is 4.63. The summed E-state index contributed by atoms with van der Waals surface area (Å²) in [4.78, 5) is 25.9. The zero-order valence-corrected chi connectivity index (χ0v) is 19.3. The minimum Gasteiger partial charge on any atom is -0.508 e. The highest BCUT2D eigenvalue weighted by Crippen LogP contribution is 2.49. The Morgan fingerprint density at radius 3 is 2.31 bits per heavy atom. The summed E-state index contributed by atoms with van der Waals surface area (Å²) in [5, 5.41) is 9.92. The standard InChI is InChI=1S/C27H22O8/c1-31-21-11-8-16(26(32-2)27(21)33-3)18-12-22(29)35-20-10-9-17-24(30)19(13-34-25(17)23(18)20)14-4-6-15(28)7-5-14/h4-11,13,18,28H,12H2,1-3H3/t18-/m0/s1. The quantitative estimate of drug-likeness (QED) is 0.330. The first kappa shape index (κ1) is 22.3. The summed E-state index contributed by atoms with van der Waals surface area (Å²) in [6, 6.07) is 13.0. The van der Waals surface area contributed by atoms with Crippen molar-refractivity contribution in [1.82, 2.24) is 0 Å². The van der Waals surface area contributed by atoms with Gasteiger partial charge in [-0.05, 0) is 35.9 Å². The Morgan fingerprint density at radius 1 is 0.886 bits per heavy atom. The molecule has 2 heterocycles. The molecule has 1 atom stereocenters. The maximum absolute atomic E-state index is 13.4. The number of ether oxygens (including phenoxy) is 4. The number of benzene rings is 3. The molecule has 0 amide bonds. The lowest BCUT2D eigenvalue weighted by Crippen LogP contribution is -2.22. The van der Waals surface area contributed by atoms with E-state index in [2.05, 4.69) is 0 Å². The van der Waals surface area contributed by atoms with Crippen LogP contribution in [0.25, 0.3) is 22.1 Å². The van der Waals surface area contributed by atoms with E-state index < -0.39 is 11.9 Å². The fraction of sp³-hybridized carbons (Fsp3) is 0.185. The van der Waals surface area contributed by atoms with Crippen molar-refractivity contribution in [2.45, 2.75) is 12.3 Å². The summed E-state index contributed by atoms with van der Waals surface area (Å²) in [6.07, 6.45) is 1.40.